The van der Waals surface area contributed by atoms with Crippen LogP contribution in [0.1, 0.15) is 27.0 Å². The predicted octanol–water partition coefficient (Wildman–Crippen LogP) is 5.94. The highest BCUT2D eigenvalue weighted by molar-refractivity contribution is 9.10. The van der Waals surface area contributed by atoms with Gasteiger partial charge in [-0.05, 0) is 63.5 Å². The van der Waals surface area contributed by atoms with Crippen molar-refractivity contribution in [2.45, 2.75) is 6.61 Å². The third kappa shape index (κ3) is 5.30. The molecule has 0 spiro atoms. The Morgan fingerprint density at radius 2 is 1.84 bits per heavy atom. The second kappa shape index (κ2) is 9.92. The number of carbonyl (C=O) groups is 1. The van der Waals surface area contributed by atoms with Crippen LogP contribution in [0.2, 0.25) is 0 Å². The SMILES string of the molecule is COc1cc(/C=C(/C#N)c2ccc(C(=O)O)cc2)cc(Br)c1OCc1ccccc1F. The van der Waals surface area contributed by atoms with Crippen molar-refractivity contribution in [1.29, 1.82) is 5.26 Å². The Balaban J connectivity index is 1.89. The number of halogens is 2. The molecule has 0 aliphatic rings. The lowest BCUT2D eigenvalue weighted by Crippen LogP contribution is -2.01. The number of hydrogen-bond acceptors (Lipinski definition) is 4. The summed E-state index contributed by atoms with van der Waals surface area (Å²) in [5.74, 6) is -0.568. The first-order chi connectivity index (χ1) is 14.9. The number of benzene rings is 3. The van der Waals surface area contributed by atoms with Gasteiger partial charge in [0.15, 0.2) is 11.5 Å². The van der Waals surface area contributed by atoms with Crippen molar-refractivity contribution in [2.75, 3.05) is 7.11 Å². The van der Waals surface area contributed by atoms with Crippen molar-refractivity contribution in [3.05, 3.63) is 93.2 Å². The minimum atomic E-state index is -1.03. The van der Waals surface area contributed by atoms with Crippen LogP contribution in [-0.4, -0.2) is 18.2 Å². The Morgan fingerprint density at radius 1 is 1.16 bits per heavy atom. The summed E-state index contributed by atoms with van der Waals surface area (Å²) < 4.78 is 25.6. The van der Waals surface area contributed by atoms with Gasteiger partial charge < -0.3 is 14.6 Å². The summed E-state index contributed by atoms with van der Waals surface area (Å²) >= 11 is 3.45. The van der Waals surface area contributed by atoms with Crippen molar-refractivity contribution in [1.82, 2.24) is 0 Å². The van der Waals surface area contributed by atoms with Gasteiger partial charge in [0.05, 0.1) is 28.8 Å². The van der Waals surface area contributed by atoms with Gasteiger partial charge in [-0.15, -0.1) is 0 Å². The third-order valence-electron chi connectivity index (χ3n) is 4.46. The van der Waals surface area contributed by atoms with E-state index in [1.54, 1.807) is 48.5 Å². The van der Waals surface area contributed by atoms with Crippen LogP contribution < -0.4 is 9.47 Å². The summed E-state index contributed by atoms with van der Waals surface area (Å²) in [6, 6.07) is 18.0. The lowest BCUT2D eigenvalue weighted by molar-refractivity contribution is 0.0697. The van der Waals surface area contributed by atoms with E-state index in [2.05, 4.69) is 22.0 Å². The number of carboxylic acids is 1. The van der Waals surface area contributed by atoms with E-state index in [1.807, 2.05) is 0 Å². The number of carboxylic acid groups (broad SMARTS) is 1. The molecule has 3 aromatic rings. The van der Waals surface area contributed by atoms with Gasteiger partial charge in [-0.1, -0.05) is 30.3 Å². The minimum absolute atomic E-state index is 0.0240. The molecule has 3 rings (SSSR count). The molecular weight excluding hydrogens is 465 g/mol. The fourth-order valence-electron chi connectivity index (χ4n) is 2.87. The molecule has 0 amide bonds. The molecule has 0 aliphatic heterocycles. The minimum Gasteiger partial charge on any atom is -0.493 e. The molecular formula is C24H17BrFNO4. The molecule has 0 bridgehead atoms. The van der Waals surface area contributed by atoms with E-state index in [-0.39, 0.29) is 18.0 Å². The number of allylic oxidation sites excluding steroid dienone is 1. The summed E-state index contributed by atoms with van der Waals surface area (Å²) in [5, 5.41) is 18.6. The number of rotatable bonds is 7. The first kappa shape index (κ1) is 22.1. The molecule has 31 heavy (non-hydrogen) atoms. The van der Waals surface area contributed by atoms with Crippen LogP contribution >= 0.6 is 15.9 Å². The highest BCUT2D eigenvalue weighted by Gasteiger charge is 2.13. The van der Waals surface area contributed by atoms with Gasteiger partial charge in [-0.2, -0.15) is 5.26 Å². The molecule has 0 unspecified atom stereocenters. The molecule has 0 heterocycles. The Morgan fingerprint density at radius 3 is 2.45 bits per heavy atom. The third-order valence-corrected chi connectivity index (χ3v) is 5.04. The van der Waals surface area contributed by atoms with E-state index in [9.17, 15) is 14.4 Å². The molecule has 1 N–H and O–H groups in total. The summed E-state index contributed by atoms with van der Waals surface area (Å²) in [4.78, 5) is 11.0. The number of aromatic carboxylic acids is 1. The van der Waals surface area contributed by atoms with E-state index < -0.39 is 5.97 Å². The second-order valence-electron chi connectivity index (χ2n) is 6.47. The summed E-state index contributed by atoms with van der Waals surface area (Å²) in [6.07, 6.45) is 1.66. The van der Waals surface area contributed by atoms with E-state index in [0.29, 0.717) is 38.2 Å². The highest BCUT2D eigenvalue weighted by atomic mass is 79.9. The molecule has 156 valence electrons. The number of ether oxygens (including phenoxy) is 2. The molecule has 0 aliphatic carbocycles. The molecule has 0 fully saturated rings. The zero-order chi connectivity index (χ0) is 22.4. The van der Waals surface area contributed by atoms with Gasteiger partial charge in [0.2, 0.25) is 0 Å². The van der Waals surface area contributed by atoms with Crippen LogP contribution in [0.3, 0.4) is 0 Å². The summed E-state index contributed by atoms with van der Waals surface area (Å²) in [6.45, 7) is 0.0240. The van der Waals surface area contributed by atoms with Crippen molar-refractivity contribution in [3.8, 4) is 17.6 Å². The van der Waals surface area contributed by atoms with Crippen LogP contribution in [0.25, 0.3) is 11.6 Å². The molecule has 0 aromatic heterocycles. The molecule has 0 radical (unpaired) electrons. The van der Waals surface area contributed by atoms with Gasteiger partial charge in [0.25, 0.3) is 0 Å². The van der Waals surface area contributed by atoms with Crippen molar-refractivity contribution < 1.29 is 23.8 Å². The van der Waals surface area contributed by atoms with E-state index in [0.717, 1.165) is 0 Å². The quantitative estimate of drug-likeness (QED) is 0.333. The summed E-state index contributed by atoms with van der Waals surface area (Å²) in [5.41, 5.74) is 2.16. The maximum absolute atomic E-state index is 13.9. The average molecular weight is 482 g/mol. The van der Waals surface area contributed by atoms with E-state index in [1.165, 1.54) is 25.3 Å². The molecule has 0 saturated carbocycles. The smallest absolute Gasteiger partial charge is 0.335 e. The number of nitrogens with zero attached hydrogens (tertiary/aromatic N) is 1. The average Bonchev–Trinajstić information content (AvgIpc) is 2.77. The highest BCUT2D eigenvalue weighted by Crippen LogP contribution is 2.38. The number of hydrogen-bond donors (Lipinski definition) is 1. The fourth-order valence-corrected chi connectivity index (χ4v) is 3.44. The van der Waals surface area contributed by atoms with E-state index >= 15 is 0 Å². The normalized spacial score (nSPS) is 11.0. The maximum atomic E-state index is 13.9. The van der Waals surface area contributed by atoms with Crippen LogP contribution in [-0.2, 0) is 6.61 Å². The Bertz CT molecular complexity index is 1180. The first-order valence-electron chi connectivity index (χ1n) is 9.12. The van der Waals surface area contributed by atoms with Gasteiger partial charge >= 0.3 is 5.97 Å². The molecule has 3 aromatic carbocycles. The largest absolute Gasteiger partial charge is 0.493 e. The lowest BCUT2D eigenvalue weighted by Gasteiger charge is -2.14. The van der Waals surface area contributed by atoms with Crippen molar-refractivity contribution >= 4 is 33.5 Å². The Labute approximate surface area is 187 Å². The zero-order valence-electron chi connectivity index (χ0n) is 16.4. The molecule has 5 nitrogen and oxygen atoms in total. The first-order valence-corrected chi connectivity index (χ1v) is 9.91. The topological polar surface area (TPSA) is 79.5 Å². The fraction of sp³-hybridized carbons (Fsp3) is 0.0833. The van der Waals surface area contributed by atoms with Gasteiger partial charge in [-0.25, -0.2) is 9.18 Å². The predicted molar refractivity (Wildman–Crippen MR) is 118 cm³/mol. The van der Waals surface area contributed by atoms with Gasteiger partial charge in [0, 0.05) is 5.56 Å². The molecule has 7 heteroatoms. The van der Waals surface area contributed by atoms with Gasteiger partial charge in [-0.3, -0.25) is 0 Å². The van der Waals surface area contributed by atoms with Crippen LogP contribution in [0.15, 0.2) is 65.1 Å². The van der Waals surface area contributed by atoms with Crippen LogP contribution in [0, 0.1) is 17.1 Å². The standard InChI is InChI=1S/C24H17BrFNO4/c1-30-22-12-15(10-19(13-27)16-6-8-17(9-7-16)24(28)29)11-20(25)23(22)31-14-18-4-2-3-5-21(18)26/h2-12H,14H2,1H3,(H,28,29)/b19-10-. The van der Waals surface area contributed by atoms with Crippen LogP contribution in [0.4, 0.5) is 4.39 Å². The molecule has 0 atom stereocenters. The number of methoxy groups -OCH3 is 1. The van der Waals surface area contributed by atoms with Crippen molar-refractivity contribution in [3.63, 3.8) is 0 Å². The maximum Gasteiger partial charge on any atom is 0.335 e. The Hall–Kier alpha value is -3.63. The van der Waals surface area contributed by atoms with Crippen LogP contribution in [0.5, 0.6) is 11.5 Å². The molecule has 0 saturated heterocycles. The monoisotopic (exact) mass is 481 g/mol. The van der Waals surface area contributed by atoms with E-state index in [4.69, 9.17) is 14.6 Å². The zero-order valence-corrected chi connectivity index (χ0v) is 18.0. The lowest BCUT2D eigenvalue weighted by atomic mass is 10.0. The Kier molecular flexibility index (Phi) is 7.06. The second-order valence-corrected chi connectivity index (χ2v) is 7.32. The van der Waals surface area contributed by atoms with Gasteiger partial charge in [0.1, 0.15) is 12.4 Å². The number of nitriles is 1. The summed E-state index contributed by atoms with van der Waals surface area (Å²) in [7, 11) is 1.49. The van der Waals surface area contributed by atoms with Crippen molar-refractivity contribution in [2.24, 2.45) is 0 Å².